The fraction of sp³-hybridized carbons (Fsp3) is 0.217. The largest absolute Gasteiger partial charge is 0.444 e. The molecule has 2 aromatic carbocycles. The van der Waals surface area contributed by atoms with E-state index in [9.17, 15) is 0 Å². The van der Waals surface area contributed by atoms with Crippen molar-refractivity contribution in [3.63, 3.8) is 0 Å². The van der Waals surface area contributed by atoms with Gasteiger partial charge in [-0.25, -0.2) is 9.98 Å². The topological polar surface area (TPSA) is 78.2 Å². The van der Waals surface area contributed by atoms with Gasteiger partial charge in [0.05, 0.1) is 13.1 Å². The molecule has 4 rings (SSSR count). The second-order valence-electron chi connectivity index (χ2n) is 6.94. The minimum atomic E-state index is 0. The molecule has 0 aliphatic carbocycles. The molecule has 2 aromatic heterocycles. The molecule has 0 amide bonds. The predicted octanol–water partition coefficient (Wildman–Crippen LogP) is 5.00. The van der Waals surface area contributed by atoms with E-state index in [0.29, 0.717) is 19.0 Å². The number of aromatic amines is 1. The summed E-state index contributed by atoms with van der Waals surface area (Å²) in [6.07, 6.45) is 1.67. The van der Waals surface area contributed by atoms with E-state index < -0.39 is 0 Å². The van der Waals surface area contributed by atoms with E-state index in [4.69, 9.17) is 4.42 Å². The van der Waals surface area contributed by atoms with Gasteiger partial charge in [-0.15, -0.1) is 24.0 Å². The summed E-state index contributed by atoms with van der Waals surface area (Å²) in [5, 5.41) is 7.84. The lowest BCUT2D eigenvalue weighted by molar-refractivity contribution is 0.572. The first-order chi connectivity index (χ1) is 14.2. The predicted molar refractivity (Wildman–Crippen MR) is 132 cm³/mol. The third kappa shape index (κ3) is 5.41. The molecule has 0 atom stereocenters. The summed E-state index contributed by atoms with van der Waals surface area (Å²) in [7, 11) is 0. The number of nitrogens with zero attached hydrogens (tertiary/aromatic N) is 2. The molecule has 0 aliphatic heterocycles. The van der Waals surface area contributed by atoms with Crippen LogP contribution in [0, 0.1) is 6.92 Å². The van der Waals surface area contributed by atoms with Gasteiger partial charge in [0.1, 0.15) is 12.0 Å². The molecule has 0 unspecified atom stereocenters. The summed E-state index contributed by atoms with van der Waals surface area (Å²) in [4.78, 5) is 12.6. The summed E-state index contributed by atoms with van der Waals surface area (Å²) in [5.41, 5.74) is 5.22. The smallest absolute Gasteiger partial charge is 0.226 e. The van der Waals surface area contributed by atoms with Gasteiger partial charge in [-0.3, -0.25) is 0 Å². The Balaban J connectivity index is 0.00000256. The molecular weight excluding hydrogens is 489 g/mol. The third-order valence-corrected chi connectivity index (χ3v) is 4.63. The number of rotatable bonds is 6. The first-order valence-electron chi connectivity index (χ1n) is 9.81. The Morgan fingerprint density at radius 3 is 2.67 bits per heavy atom. The molecule has 0 bridgehead atoms. The van der Waals surface area contributed by atoms with Gasteiger partial charge >= 0.3 is 0 Å². The molecule has 7 heteroatoms. The van der Waals surface area contributed by atoms with E-state index in [1.807, 2.05) is 31.2 Å². The van der Waals surface area contributed by atoms with Crippen LogP contribution in [-0.2, 0) is 13.1 Å². The van der Waals surface area contributed by atoms with Crippen LogP contribution in [0.1, 0.15) is 23.9 Å². The lowest BCUT2D eigenvalue weighted by Crippen LogP contribution is -2.36. The number of aliphatic imine (C=N–C) groups is 1. The van der Waals surface area contributed by atoms with Crippen LogP contribution in [0.3, 0.4) is 0 Å². The van der Waals surface area contributed by atoms with Gasteiger partial charge in [0.25, 0.3) is 0 Å². The Bertz CT molecular complexity index is 1080. The van der Waals surface area contributed by atoms with Crippen molar-refractivity contribution < 1.29 is 4.42 Å². The first kappa shape index (κ1) is 21.9. The van der Waals surface area contributed by atoms with E-state index >= 15 is 0 Å². The van der Waals surface area contributed by atoms with Crippen molar-refractivity contribution in [2.24, 2.45) is 4.99 Å². The number of aromatic nitrogens is 2. The molecule has 0 spiro atoms. The molecule has 4 aromatic rings. The van der Waals surface area contributed by atoms with Gasteiger partial charge < -0.3 is 20.0 Å². The number of fused-ring (bicyclic) bond motifs is 1. The number of guanidine groups is 1. The number of para-hydroxylation sites is 1. The maximum atomic E-state index is 5.62. The average molecular weight is 515 g/mol. The standard InChI is InChI=1S/C23H25N5O.HI/c1-3-24-23(25-13-19-12-18-6-4-5-7-21(18)27-19)26-14-20-15-29-22(28-20)17-10-8-16(2)9-11-17;/h4-12,15,27H,3,13-14H2,1-2H3,(H2,24,25,26);1H. The molecule has 0 radical (unpaired) electrons. The molecule has 156 valence electrons. The van der Waals surface area contributed by atoms with Crippen LogP contribution in [0.25, 0.3) is 22.4 Å². The lowest BCUT2D eigenvalue weighted by Gasteiger charge is -2.10. The minimum Gasteiger partial charge on any atom is -0.444 e. The number of benzene rings is 2. The second kappa shape index (κ2) is 10.3. The van der Waals surface area contributed by atoms with Crippen LogP contribution < -0.4 is 10.6 Å². The quantitative estimate of drug-likeness (QED) is 0.192. The van der Waals surface area contributed by atoms with Crippen molar-refractivity contribution in [3.05, 3.63) is 77.8 Å². The van der Waals surface area contributed by atoms with E-state index in [0.717, 1.165) is 35.0 Å². The van der Waals surface area contributed by atoms with E-state index in [1.54, 1.807) is 6.26 Å². The normalized spacial score (nSPS) is 11.3. The number of H-pyrrole nitrogens is 1. The van der Waals surface area contributed by atoms with Crippen molar-refractivity contribution >= 4 is 40.8 Å². The lowest BCUT2D eigenvalue weighted by atomic mass is 10.1. The van der Waals surface area contributed by atoms with Gasteiger partial charge in [-0.2, -0.15) is 0 Å². The van der Waals surface area contributed by atoms with Crippen molar-refractivity contribution in [3.8, 4) is 11.5 Å². The summed E-state index contributed by atoms with van der Waals surface area (Å²) in [6, 6.07) is 18.5. The van der Waals surface area contributed by atoms with Crippen molar-refractivity contribution in [1.82, 2.24) is 20.6 Å². The Labute approximate surface area is 193 Å². The number of hydrogen-bond acceptors (Lipinski definition) is 3. The highest BCUT2D eigenvalue weighted by molar-refractivity contribution is 14.0. The highest BCUT2D eigenvalue weighted by Gasteiger charge is 2.07. The zero-order valence-electron chi connectivity index (χ0n) is 17.1. The molecule has 0 fully saturated rings. The first-order valence-corrected chi connectivity index (χ1v) is 9.81. The monoisotopic (exact) mass is 515 g/mol. The molecule has 0 saturated carbocycles. The molecular formula is C23H26IN5O. The Hall–Kier alpha value is -2.81. The maximum absolute atomic E-state index is 5.62. The highest BCUT2D eigenvalue weighted by Crippen LogP contribution is 2.19. The fourth-order valence-corrected chi connectivity index (χ4v) is 3.12. The molecule has 0 saturated heterocycles. The van der Waals surface area contributed by atoms with Gasteiger partial charge in [-0.05, 0) is 43.5 Å². The van der Waals surface area contributed by atoms with Crippen molar-refractivity contribution in [1.29, 1.82) is 0 Å². The van der Waals surface area contributed by atoms with Crippen LogP contribution in [0.4, 0.5) is 0 Å². The van der Waals surface area contributed by atoms with E-state index in [1.165, 1.54) is 10.9 Å². The van der Waals surface area contributed by atoms with Crippen LogP contribution in [0.5, 0.6) is 0 Å². The molecule has 30 heavy (non-hydrogen) atoms. The van der Waals surface area contributed by atoms with Crippen LogP contribution in [0.2, 0.25) is 0 Å². The highest BCUT2D eigenvalue weighted by atomic mass is 127. The molecule has 2 heterocycles. The number of hydrogen-bond donors (Lipinski definition) is 3. The summed E-state index contributed by atoms with van der Waals surface area (Å²) in [5.74, 6) is 1.36. The van der Waals surface area contributed by atoms with E-state index in [-0.39, 0.29) is 24.0 Å². The zero-order valence-corrected chi connectivity index (χ0v) is 19.4. The van der Waals surface area contributed by atoms with Crippen LogP contribution >= 0.6 is 24.0 Å². The number of nitrogens with one attached hydrogen (secondary N) is 3. The third-order valence-electron chi connectivity index (χ3n) is 4.63. The Morgan fingerprint density at radius 1 is 1.10 bits per heavy atom. The summed E-state index contributed by atoms with van der Waals surface area (Å²) >= 11 is 0. The molecule has 0 aliphatic rings. The SMILES string of the molecule is CCNC(=NCc1coc(-c2ccc(C)cc2)n1)NCc1cc2ccccc2[nH]1.I. The van der Waals surface area contributed by atoms with Gasteiger partial charge in [0, 0.05) is 23.3 Å². The average Bonchev–Trinajstić information content (AvgIpc) is 3.37. The number of aryl methyl sites for hydroxylation is 1. The fourth-order valence-electron chi connectivity index (χ4n) is 3.12. The Morgan fingerprint density at radius 2 is 1.90 bits per heavy atom. The number of halogens is 1. The van der Waals surface area contributed by atoms with Crippen LogP contribution in [0.15, 0.2) is 70.3 Å². The van der Waals surface area contributed by atoms with Gasteiger partial charge in [-0.1, -0.05) is 35.9 Å². The minimum absolute atomic E-state index is 0. The maximum Gasteiger partial charge on any atom is 0.226 e. The van der Waals surface area contributed by atoms with E-state index in [2.05, 4.69) is 62.8 Å². The van der Waals surface area contributed by atoms with Crippen molar-refractivity contribution in [2.45, 2.75) is 26.9 Å². The second-order valence-corrected chi connectivity index (χ2v) is 6.94. The molecule has 3 N–H and O–H groups in total. The molecule has 6 nitrogen and oxygen atoms in total. The van der Waals surface area contributed by atoms with Gasteiger partial charge in [0.15, 0.2) is 5.96 Å². The summed E-state index contributed by atoms with van der Waals surface area (Å²) < 4.78 is 5.62. The van der Waals surface area contributed by atoms with Crippen LogP contribution in [-0.4, -0.2) is 22.5 Å². The summed E-state index contributed by atoms with van der Waals surface area (Å²) in [6.45, 7) is 5.99. The van der Waals surface area contributed by atoms with Crippen molar-refractivity contribution in [2.75, 3.05) is 6.54 Å². The zero-order chi connectivity index (χ0) is 20.1. The number of oxazole rings is 1. The Kier molecular flexibility index (Phi) is 7.51. The van der Waals surface area contributed by atoms with Gasteiger partial charge in [0.2, 0.25) is 5.89 Å².